The summed E-state index contributed by atoms with van der Waals surface area (Å²) < 4.78 is 21.8. The highest BCUT2D eigenvalue weighted by Gasteiger charge is 2.26. The molecular weight excluding hydrogens is 462 g/mol. The minimum atomic E-state index is -0.622. The van der Waals surface area contributed by atoms with Gasteiger partial charge in [0.2, 0.25) is 11.6 Å². The molecule has 15 heteroatoms. The third kappa shape index (κ3) is 5.42. The lowest BCUT2D eigenvalue weighted by Gasteiger charge is -2.26. The summed E-state index contributed by atoms with van der Waals surface area (Å²) in [5, 5.41) is 19.3. The molecule has 3 aromatic rings. The van der Waals surface area contributed by atoms with Gasteiger partial charge in [-0.15, -0.1) is 5.10 Å². The van der Waals surface area contributed by atoms with E-state index in [1.54, 1.807) is 18.2 Å². The van der Waals surface area contributed by atoms with Crippen LogP contribution in [0.25, 0.3) is 5.82 Å². The third-order valence-electron chi connectivity index (χ3n) is 5.00. The van der Waals surface area contributed by atoms with Gasteiger partial charge in [-0.1, -0.05) is 11.3 Å². The molecule has 0 saturated carbocycles. The van der Waals surface area contributed by atoms with Crippen LogP contribution in [0.1, 0.15) is 28.7 Å². The fourth-order valence-corrected chi connectivity index (χ4v) is 3.36. The molecule has 0 spiro atoms. The molecule has 1 fully saturated rings. The average molecular weight is 485 g/mol. The second kappa shape index (κ2) is 10.7. The first kappa shape index (κ1) is 23.8. The summed E-state index contributed by atoms with van der Waals surface area (Å²) in [6.45, 7) is 4.03. The van der Waals surface area contributed by atoms with Crippen molar-refractivity contribution in [3.63, 3.8) is 0 Å². The van der Waals surface area contributed by atoms with Crippen molar-refractivity contribution < 1.29 is 28.4 Å². The molecule has 2 aromatic heterocycles. The molecule has 0 bridgehead atoms. The Morgan fingerprint density at radius 1 is 1.29 bits per heavy atom. The molecule has 4 rings (SSSR count). The van der Waals surface area contributed by atoms with E-state index in [1.807, 2.05) is 0 Å². The Kier molecular flexibility index (Phi) is 7.27. The molecule has 3 heterocycles. The number of nitrogens with two attached hydrogens (primary N) is 1. The number of morpholine rings is 1. The van der Waals surface area contributed by atoms with E-state index < -0.39 is 11.9 Å². The number of anilines is 1. The van der Waals surface area contributed by atoms with Gasteiger partial charge in [-0.2, -0.15) is 9.78 Å². The molecule has 0 radical (unpaired) electrons. The molecule has 0 aliphatic carbocycles. The van der Waals surface area contributed by atoms with Crippen LogP contribution in [0.5, 0.6) is 11.5 Å². The Labute approximate surface area is 198 Å². The van der Waals surface area contributed by atoms with Crippen LogP contribution in [0.15, 0.2) is 27.9 Å². The Hall–Kier alpha value is -4.37. The van der Waals surface area contributed by atoms with E-state index in [9.17, 15) is 9.59 Å². The number of hydrazone groups is 1. The SMILES string of the molecule is COc1cccc(C=NNC(=O)c2nnn(-c3nonc3N)c2CN2CCOCC2)c1OC(C)=O. The number of carbonyl (C=O) groups is 2. The smallest absolute Gasteiger partial charge is 0.308 e. The van der Waals surface area contributed by atoms with E-state index in [-0.39, 0.29) is 23.1 Å². The van der Waals surface area contributed by atoms with Crippen LogP contribution in [0.2, 0.25) is 0 Å². The number of benzene rings is 1. The van der Waals surface area contributed by atoms with E-state index in [2.05, 4.69) is 40.7 Å². The summed E-state index contributed by atoms with van der Waals surface area (Å²) in [5.74, 6) is -0.523. The second-order valence-corrected chi connectivity index (χ2v) is 7.33. The van der Waals surface area contributed by atoms with E-state index >= 15 is 0 Å². The minimum Gasteiger partial charge on any atom is -0.493 e. The Morgan fingerprint density at radius 3 is 2.77 bits per heavy atom. The first-order valence-corrected chi connectivity index (χ1v) is 10.5. The number of nitrogens with zero attached hydrogens (tertiary/aromatic N) is 7. The molecule has 1 aliphatic rings. The number of carbonyl (C=O) groups excluding carboxylic acids is 2. The van der Waals surface area contributed by atoms with Crippen LogP contribution in [0.3, 0.4) is 0 Å². The molecule has 15 nitrogen and oxygen atoms in total. The Morgan fingerprint density at radius 2 is 2.09 bits per heavy atom. The zero-order valence-corrected chi connectivity index (χ0v) is 19.0. The van der Waals surface area contributed by atoms with E-state index in [0.717, 1.165) is 0 Å². The fraction of sp³-hybridized carbons (Fsp3) is 0.350. The van der Waals surface area contributed by atoms with Crippen molar-refractivity contribution in [2.24, 2.45) is 5.10 Å². The summed E-state index contributed by atoms with van der Waals surface area (Å²) in [6.07, 6.45) is 1.32. The summed E-state index contributed by atoms with van der Waals surface area (Å²) in [5.41, 5.74) is 9.08. The number of nitrogens with one attached hydrogen (secondary N) is 1. The number of ether oxygens (including phenoxy) is 3. The predicted molar refractivity (Wildman–Crippen MR) is 119 cm³/mol. The number of amides is 1. The van der Waals surface area contributed by atoms with Gasteiger partial charge in [-0.25, -0.2) is 10.1 Å². The molecule has 1 saturated heterocycles. The van der Waals surface area contributed by atoms with E-state index in [4.69, 9.17) is 19.9 Å². The van der Waals surface area contributed by atoms with Crippen molar-refractivity contribution in [1.29, 1.82) is 0 Å². The van der Waals surface area contributed by atoms with Crippen LogP contribution in [0.4, 0.5) is 5.82 Å². The van der Waals surface area contributed by atoms with Crippen LogP contribution in [-0.4, -0.2) is 81.7 Å². The largest absolute Gasteiger partial charge is 0.493 e. The molecular formula is C20H23N9O6. The van der Waals surface area contributed by atoms with Crippen molar-refractivity contribution in [2.75, 3.05) is 39.1 Å². The molecule has 3 N–H and O–H groups in total. The van der Waals surface area contributed by atoms with Crippen molar-refractivity contribution >= 4 is 23.9 Å². The van der Waals surface area contributed by atoms with Gasteiger partial charge in [0.05, 0.1) is 32.2 Å². The van der Waals surface area contributed by atoms with Crippen LogP contribution < -0.4 is 20.6 Å². The number of esters is 1. The summed E-state index contributed by atoms with van der Waals surface area (Å²) in [4.78, 5) is 26.5. The number of nitrogen functional groups attached to an aromatic ring is 1. The third-order valence-corrected chi connectivity index (χ3v) is 5.00. The molecule has 35 heavy (non-hydrogen) atoms. The molecule has 1 aromatic carbocycles. The van der Waals surface area contributed by atoms with Gasteiger partial charge >= 0.3 is 5.97 Å². The van der Waals surface area contributed by atoms with Crippen molar-refractivity contribution in [3.8, 4) is 17.3 Å². The van der Waals surface area contributed by atoms with Crippen LogP contribution >= 0.6 is 0 Å². The number of hydrogen-bond acceptors (Lipinski definition) is 13. The standard InChI is InChI=1S/C20H23N9O6/c1-12(30)34-17-13(4-3-5-15(17)32-2)10-22-24-20(31)16-14(11-28-6-8-33-9-7-28)29(27-23-16)19-18(21)25-35-26-19/h3-5,10H,6-9,11H2,1-2H3,(H2,21,25)(H,24,31). The first-order valence-electron chi connectivity index (χ1n) is 10.5. The summed E-state index contributed by atoms with van der Waals surface area (Å²) in [6, 6.07) is 4.98. The van der Waals surface area contributed by atoms with Gasteiger partial charge in [-0.05, 0) is 22.4 Å². The first-order chi connectivity index (χ1) is 17.0. The lowest BCUT2D eigenvalue weighted by atomic mass is 10.2. The van der Waals surface area contributed by atoms with Gasteiger partial charge in [0, 0.05) is 32.1 Å². The minimum absolute atomic E-state index is 0.000804. The quantitative estimate of drug-likeness (QED) is 0.185. The number of methoxy groups -OCH3 is 1. The molecule has 1 aliphatic heterocycles. The summed E-state index contributed by atoms with van der Waals surface area (Å²) in [7, 11) is 1.45. The highest BCUT2D eigenvalue weighted by atomic mass is 16.6. The van der Waals surface area contributed by atoms with Gasteiger partial charge < -0.3 is 19.9 Å². The predicted octanol–water partition coefficient (Wildman–Crippen LogP) is -0.238. The van der Waals surface area contributed by atoms with E-state index in [0.29, 0.717) is 49.9 Å². The maximum Gasteiger partial charge on any atom is 0.308 e. The average Bonchev–Trinajstić information content (AvgIpc) is 3.45. The van der Waals surface area contributed by atoms with Crippen LogP contribution in [0, 0.1) is 0 Å². The zero-order chi connectivity index (χ0) is 24.8. The second-order valence-electron chi connectivity index (χ2n) is 7.33. The number of rotatable bonds is 8. The lowest BCUT2D eigenvalue weighted by molar-refractivity contribution is -0.132. The van der Waals surface area contributed by atoms with Crippen molar-refractivity contribution in [2.45, 2.75) is 13.5 Å². The maximum atomic E-state index is 13.0. The van der Waals surface area contributed by atoms with Gasteiger partial charge in [0.1, 0.15) is 0 Å². The molecule has 0 unspecified atom stereocenters. The zero-order valence-electron chi connectivity index (χ0n) is 19.0. The highest BCUT2D eigenvalue weighted by molar-refractivity contribution is 5.94. The Bertz CT molecular complexity index is 1230. The van der Waals surface area contributed by atoms with Gasteiger partial charge in [0.15, 0.2) is 17.2 Å². The van der Waals surface area contributed by atoms with Crippen molar-refractivity contribution in [1.82, 2.24) is 35.6 Å². The highest BCUT2D eigenvalue weighted by Crippen LogP contribution is 2.30. The van der Waals surface area contributed by atoms with Crippen molar-refractivity contribution in [3.05, 3.63) is 35.2 Å². The van der Waals surface area contributed by atoms with E-state index in [1.165, 1.54) is 24.9 Å². The topological polar surface area (TPSA) is 185 Å². The maximum absolute atomic E-state index is 13.0. The normalized spacial score (nSPS) is 14.2. The number of hydrogen-bond donors (Lipinski definition) is 2. The Balaban J connectivity index is 1.58. The fourth-order valence-electron chi connectivity index (χ4n) is 3.36. The lowest BCUT2D eigenvalue weighted by Crippen LogP contribution is -2.37. The monoisotopic (exact) mass is 485 g/mol. The van der Waals surface area contributed by atoms with Gasteiger partial charge in [-0.3, -0.25) is 14.5 Å². The summed E-state index contributed by atoms with van der Waals surface area (Å²) >= 11 is 0. The van der Waals surface area contributed by atoms with Crippen LogP contribution in [-0.2, 0) is 16.1 Å². The molecule has 1 amide bonds. The molecule has 0 atom stereocenters. The number of aromatic nitrogens is 5. The number of para-hydroxylation sites is 1. The molecule has 184 valence electrons. The van der Waals surface area contributed by atoms with Gasteiger partial charge in [0.25, 0.3) is 5.91 Å².